The molecule has 94 valence electrons. The highest BCUT2D eigenvalue weighted by Crippen LogP contribution is 2.38. The number of benzene rings is 1. The van der Waals surface area contributed by atoms with Crippen molar-refractivity contribution >= 4 is 0 Å². The number of rotatable bonds is 4. The number of hydrogen-bond acceptors (Lipinski definition) is 5. The summed E-state index contributed by atoms with van der Waals surface area (Å²) in [6.45, 7) is 1.49. The van der Waals surface area contributed by atoms with Crippen LogP contribution in [0.3, 0.4) is 0 Å². The van der Waals surface area contributed by atoms with Crippen LogP contribution in [0.25, 0.3) is 0 Å². The number of aliphatic hydroxyl groups is 1. The van der Waals surface area contributed by atoms with E-state index in [9.17, 15) is 5.11 Å². The van der Waals surface area contributed by atoms with Crippen molar-refractivity contribution in [3.05, 3.63) is 35.9 Å². The zero-order valence-corrected chi connectivity index (χ0v) is 9.63. The van der Waals surface area contributed by atoms with Crippen LogP contribution in [0.1, 0.15) is 18.9 Å². The summed E-state index contributed by atoms with van der Waals surface area (Å²) >= 11 is 0. The zero-order valence-electron chi connectivity index (χ0n) is 9.63. The van der Waals surface area contributed by atoms with Gasteiger partial charge in [-0.15, -0.1) is 0 Å². The summed E-state index contributed by atoms with van der Waals surface area (Å²) in [4.78, 5) is 14.5. The molecule has 17 heavy (non-hydrogen) atoms. The van der Waals surface area contributed by atoms with E-state index in [4.69, 9.17) is 15.0 Å². The highest BCUT2D eigenvalue weighted by molar-refractivity contribution is 5.16. The van der Waals surface area contributed by atoms with E-state index in [1.807, 2.05) is 30.3 Å². The second-order valence-corrected chi connectivity index (χ2v) is 4.62. The van der Waals surface area contributed by atoms with Crippen molar-refractivity contribution in [1.82, 2.24) is 0 Å². The van der Waals surface area contributed by atoms with E-state index in [1.165, 1.54) is 0 Å². The van der Waals surface area contributed by atoms with Crippen LogP contribution in [0.4, 0.5) is 0 Å². The van der Waals surface area contributed by atoms with Crippen molar-refractivity contribution in [3.63, 3.8) is 0 Å². The van der Waals surface area contributed by atoms with Crippen LogP contribution in [-0.2, 0) is 21.1 Å². The number of hydrogen-bond donors (Lipinski definition) is 2. The lowest BCUT2D eigenvalue weighted by atomic mass is 9.93. The summed E-state index contributed by atoms with van der Waals surface area (Å²) in [5.41, 5.74) is 0.102. The molecule has 1 fully saturated rings. The fourth-order valence-electron chi connectivity index (χ4n) is 1.97. The standard InChI is InChI=1S/C12H16O5/c1-11(9-13)8-12(15-14,17-16-11)7-10-5-3-2-4-6-10/h2-6,13-14H,7-9H2,1H3/t11-,12+/m0/s1. The summed E-state index contributed by atoms with van der Waals surface area (Å²) in [7, 11) is 0. The highest BCUT2D eigenvalue weighted by Gasteiger charge is 2.51. The molecule has 1 aromatic rings. The van der Waals surface area contributed by atoms with Crippen LogP contribution in [0, 0.1) is 0 Å². The molecular formula is C12H16O5. The SMILES string of the molecule is C[C@@]1(CO)C[C@](Cc2ccccc2)(OO)OO1. The fourth-order valence-corrected chi connectivity index (χ4v) is 1.97. The van der Waals surface area contributed by atoms with Gasteiger partial charge in [0, 0.05) is 12.8 Å². The molecule has 5 heteroatoms. The molecule has 0 unspecified atom stereocenters. The minimum absolute atomic E-state index is 0.201. The summed E-state index contributed by atoms with van der Waals surface area (Å²) in [6, 6.07) is 9.49. The molecule has 1 aliphatic heterocycles. The third-order valence-corrected chi connectivity index (χ3v) is 2.86. The molecule has 1 heterocycles. The van der Waals surface area contributed by atoms with E-state index in [1.54, 1.807) is 6.92 Å². The first kappa shape index (κ1) is 12.5. The van der Waals surface area contributed by atoms with Gasteiger partial charge < -0.3 is 5.11 Å². The van der Waals surface area contributed by atoms with Gasteiger partial charge in [0.05, 0.1) is 6.61 Å². The maximum absolute atomic E-state index is 9.18. The van der Waals surface area contributed by atoms with Crippen molar-refractivity contribution in [3.8, 4) is 0 Å². The van der Waals surface area contributed by atoms with Gasteiger partial charge in [-0.2, -0.15) is 4.89 Å². The Hall–Kier alpha value is -0.980. The lowest BCUT2D eigenvalue weighted by molar-refractivity contribution is -0.472. The molecule has 0 spiro atoms. The third kappa shape index (κ3) is 2.65. The average Bonchev–Trinajstić information content (AvgIpc) is 2.70. The van der Waals surface area contributed by atoms with Crippen LogP contribution >= 0.6 is 0 Å². The Balaban J connectivity index is 2.12. The smallest absolute Gasteiger partial charge is 0.240 e. The van der Waals surface area contributed by atoms with E-state index in [0.717, 1.165) is 5.56 Å². The van der Waals surface area contributed by atoms with Crippen molar-refractivity contribution in [2.24, 2.45) is 0 Å². The lowest BCUT2D eigenvalue weighted by Gasteiger charge is -2.22. The van der Waals surface area contributed by atoms with Gasteiger partial charge in [-0.05, 0) is 12.5 Å². The molecule has 0 bridgehead atoms. The first-order valence-electron chi connectivity index (χ1n) is 5.46. The van der Waals surface area contributed by atoms with Gasteiger partial charge in [0.15, 0.2) is 0 Å². The van der Waals surface area contributed by atoms with Crippen LogP contribution in [0.5, 0.6) is 0 Å². The number of aliphatic hydroxyl groups excluding tert-OH is 1. The van der Waals surface area contributed by atoms with Gasteiger partial charge in [-0.25, -0.2) is 15.0 Å². The van der Waals surface area contributed by atoms with Crippen LogP contribution in [0.15, 0.2) is 30.3 Å². The Labute approximate surface area is 99.4 Å². The minimum Gasteiger partial charge on any atom is -0.393 e. The molecule has 1 aliphatic rings. The van der Waals surface area contributed by atoms with E-state index in [-0.39, 0.29) is 13.0 Å². The molecular weight excluding hydrogens is 224 g/mol. The van der Waals surface area contributed by atoms with Crippen molar-refractivity contribution in [1.29, 1.82) is 0 Å². The molecule has 1 saturated heterocycles. The van der Waals surface area contributed by atoms with E-state index in [0.29, 0.717) is 6.42 Å². The third-order valence-electron chi connectivity index (χ3n) is 2.86. The van der Waals surface area contributed by atoms with Crippen molar-refractivity contribution in [2.75, 3.05) is 6.61 Å². The van der Waals surface area contributed by atoms with E-state index in [2.05, 4.69) is 4.89 Å². The van der Waals surface area contributed by atoms with Crippen molar-refractivity contribution in [2.45, 2.75) is 31.2 Å². The first-order chi connectivity index (χ1) is 8.11. The molecule has 2 N–H and O–H groups in total. The van der Waals surface area contributed by atoms with E-state index >= 15 is 0 Å². The summed E-state index contributed by atoms with van der Waals surface area (Å²) in [6.07, 6.45) is 0.599. The second-order valence-electron chi connectivity index (χ2n) is 4.62. The largest absolute Gasteiger partial charge is 0.393 e. The van der Waals surface area contributed by atoms with Gasteiger partial charge in [0.2, 0.25) is 5.79 Å². The van der Waals surface area contributed by atoms with Crippen LogP contribution in [-0.4, -0.2) is 28.4 Å². The Kier molecular flexibility index (Phi) is 3.46. The summed E-state index contributed by atoms with van der Waals surface area (Å²) < 4.78 is 0. The molecule has 0 radical (unpaired) electrons. The van der Waals surface area contributed by atoms with E-state index < -0.39 is 11.4 Å². The van der Waals surface area contributed by atoms with Gasteiger partial charge in [0.25, 0.3) is 0 Å². The molecule has 1 aromatic carbocycles. The molecule has 2 atom stereocenters. The average molecular weight is 240 g/mol. The lowest BCUT2D eigenvalue weighted by Crippen LogP contribution is -2.37. The van der Waals surface area contributed by atoms with Gasteiger partial charge >= 0.3 is 0 Å². The Morgan fingerprint density at radius 2 is 2.00 bits per heavy atom. The zero-order chi connectivity index (χ0) is 12.4. The fraction of sp³-hybridized carbons (Fsp3) is 0.500. The predicted octanol–water partition coefficient (Wildman–Crippen LogP) is 1.52. The molecule has 5 nitrogen and oxygen atoms in total. The monoisotopic (exact) mass is 240 g/mol. The van der Waals surface area contributed by atoms with Gasteiger partial charge in [-0.1, -0.05) is 30.3 Å². The van der Waals surface area contributed by atoms with Crippen LogP contribution < -0.4 is 0 Å². The topological polar surface area (TPSA) is 68.2 Å². The molecule has 0 amide bonds. The normalized spacial score (nSPS) is 32.9. The Morgan fingerprint density at radius 3 is 2.53 bits per heavy atom. The minimum atomic E-state index is -1.25. The maximum atomic E-state index is 9.18. The van der Waals surface area contributed by atoms with Gasteiger partial charge in [0.1, 0.15) is 5.60 Å². The van der Waals surface area contributed by atoms with Gasteiger partial charge in [-0.3, -0.25) is 0 Å². The first-order valence-corrected chi connectivity index (χ1v) is 5.46. The summed E-state index contributed by atoms with van der Waals surface area (Å²) in [5, 5.41) is 18.2. The maximum Gasteiger partial charge on any atom is 0.240 e. The molecule has 0 saturated carbocycles. The molecule has 2 rings (SSSR count). The van der Waals surface area contributed by atoms with Crippen molar-refractivity contribution < 1.29 is 25.0 Å². The van der Waals surface area contributed by atoms with Crippen LogP contribution in [0.2, 0.25) is 0 Å². The Bertz CT molecular complexity index is 368. The quantitative estimate of drug-likeness (QED) is 0.617. The Morgan fingerprint density at radius 1 is 1.29 bits per heavy atom. The molecule has 0 aliphatic carbocycles. The predicted molar refractivity (Wildman–Crippen MR) is 58.9 cm³/mol. The molecule has 0 aromatic heterocycles. The summed E-state index contributed by atoms with van der Waals surface area (Å²) in [5.74, 6) is -1.25. The second kappa shape index (κ2) is 4.72. The highest BCUT2D eigenvalue weighted by atomic mass is 17.3.